The number of halogens is 1. The van der Waals surface area contributed by atoms with E-state index in [0.717, 1.165) is 6.33 Å². The molecule has 1 atom stereocenters. The van der Waals surface area contributed by atoms with Gasteiger partial charge in [0.25, 0.3) is 5.56 Å². The number of rotatable bonds is 3. The third kappa shape index (κ3) is 2.11. The Bertz CT molecular complexity index is 666. The smallest absolute Gasteiger partial charge is 0.369 e. The third-order valence-corrected chi connectivity index (χ3v) is 2.23. The molecule has 0 spiro atoms. The van der Waals surface area contributed by atoms with E-state index in [2.05, 4.69) is 24.3 Å². The molecule has 4 N–H and O–H groups in total. The number of aromatic amines is 1. The SMILES string of the molecule is Nc1nc2c(ncn2OP(=O)(O)OF)c(=O)[nH]1. The number of nitrogens with one attached hydrogen (secondary N) is 1. The van der Waals surface area contributed by atoms with Gasteiger partial charge < -0.3 is 10.4 Å². The number of aromatic nitrogens is 4. The molecule has 0 aliphatic rings. The summed E-state index contributed by atoms with van der Waals surface area (Å²) in [6.45, 7) is 0. The molecule has 2 rings (SSSR count). The van der Waals surface area contributed by atoms with Gasteiger partial charge in [-0.05, 0) is 4.53 Å². The summed E-state index contributed by atoms with van der Waals surface area (Å²) in [7, 11) is -4.93. The van der Waals surface area contributed by atoms with Gasteiger partial charge in [0.05, 0.1) is 0 Å². The molecule has 2 heterocycles. The zero-order chi connectivity index (χ0) is 12.6. The number of hydrogen-bond acceptors (Lipinski definition) is 7. The highest BCUT2D eigenvalue weighted by Gasteiger charge is 2.26. The molecular formula is C5H5FN5O5P. The van der Waals surface area contributed by atoms with E-state index < -0.39 is 13.4 Å². The zero-order valence-electron chi connectivity index (χ0n) is 7.90. The molecule has 1 unspecified atom stereocenters. The molecule has 0 amide bonds. The predicted molar refractivity (Wildman–Crippen MR) is 51.2 cm³/mol. The van der Waals surface area contributed by atoms with Crippen LogP contribution in [0.1, 0.15) is 0 Å². The van der Waals surface area contributed by atoms with Gasteiger partial charge in [-0.3, -0.25) is 14.7 Å². The Morgan fingerprint density at radius 2 is 2.35 bits per heavy atom. The van der Waals surface area contributed by atoms with Crippen LogP contribution in [0.15, 0.2) is 11.1 Å². The number of phosphoric acid groups is 1. The first kappa shape index (κ1) is 11.5. The number of imidazole rings is 1. The van der Waals surface area contributed by atoms with Crippen LogP contribution in [-0.4, -0.2) is 24.6 Å². The van der Waals surface area contributed by atoms with Crippen LogP contribution in [0.5, 0.6) is 0 Å². The van der Waals surface area contributed by atoms with E-state index in [1.165, 1.54) is 0 Å². The molecule has 0 aromatic carbocycles. The van der Waals surface area contributed by atoms with Gasteiger partial charge in [-0.15, -0.1) is 4.73 Å². The quantitative estimate of drug-likeness (QED) is 0.607. The molecule has 92 valence electrons. The molecule has 0 radical (unpaired) electrons. The van der Waals surface area contributed by atoms with Gasteiger partial charge in [-0.25, -0.2) is 9.55 Å². The average molecular weight is 265 g/mol. The van der Waals surface area contributed by atoms with E-state index in [-0.39, 0.29) is 17.1 Å². The molecular weight excluding hydrogens is 260 g/mol. The largest absolute Gasteiger partial charge is 0.578 e. The lowest BCUT2D eigenvalue weighted by Gasteiger charge is -2.07. The van der Waals surface area contributed by atoms with Gasteiger partial charge in [0.2, 0.25) is 11.6 Å². The Kier molecular flexibility index (Phi) is 2.58. The monoisotopic (exact) mass is 265 g/mol. The number of nitrogens with two attached hydrogens (primary N) is 1. The summed E-state index contributed by atoms with van der Waals surface area (Å²) < 4.78 is 29.9. The summed E-state index contributed by atoms with van der Waals surface area (Å²) in [6.07, 6.45) is 0.842. The second kappa shape index (κ2) is 3.80. The molecule has 0 saturated carbocycles. The fourth-order valence-corrected chi connectivity index (χ4v) is 1.46. The highest BCUT2D eigenvalue weighted by molar-refractivity contribution is 7.47. The average Bonchev–Trinajstić information content (AvgIpc) is 2.61. The second-order valence-electron chi connectivity index (χ2n) is 2.81. The number of nitrogen functional groups attached to an aromatic ring is 1. The number of anilines is 1. The minimum Gasteiger partial charge on any atom is -0.369 e. The van der Waals surface area contributed by atoms with Crippen molar-refractivity contribution in [2.45, 2.75) is 0 Å². The number of nitrogens with zero attached hydrogens (tertiary/aromatic N) is 3. The van der Waals surface area contributed by atoms with Crippen LogP contribution in [0.4, 0.5) is 10.5 Å². The third-order valence-electron chi connectivity index (χ3n) is 1.67. The van der Waals surface area contributed by atoms with Crippen molar-refractivity contribution in [1.29, 1.82) is 0 Å². The van der Waals surface area contributed by atoms with E-state index in [1.807, 2.05) is 0 Å². The summed E-state index contributed by atoms with van der Waals surface area (Å²) in [4.78, 5) is 29.3. The molecule has 12 heteroatoms. The van der Waals surface area contributed by atoms with Crippen LogP contribution in [0, 0.1) is 0 Å². The van der Waals surface area contributed by atoms with Crippen molar-refractivity contribution in [2.75, 3.05) is 5.73 Å². The standard InChI is InChI=1S/C5H5FN5O5P/c6-15-17(13,14)16-11-1-8-2-3(11)9-5(7)10-4(2)12/h1H,(H,13,14)(H3,7,9,10,12). The van der Waals surface area contributed by atoms with Crippen molar-refractivity contribution >= 4 is 24.9 Å². The Morgan fingerprint density at radius 3 is 3.00 bits per heavy atom. The fourth-order valence-electron chi connectivity index (χ4n) is 1.09. The molecule has 0 bridgehead atoms. The van der Waals surface area contributed by atoms with Crippen LogP contribution in [0.25, 0.3) is 11.2 Å². The van der Waals surface area contributed by atoms with Gasteiger partial charge in [0.15, 0.2) is 5.52 Å². The van der Waals surface area contributed by atoms with Gasteiger partial charge in [-0.2, -0.15) is 4.98 Å². The normalized spacial score (nSPS) is 14.7. The number of hydrogen-bond donors (Lipinski definition) is 3. The van der Waals surface area contributed by atoms with Crippen molar-refractivity contribution in [3.8, 4) is 0 Å². The van der Waals surface area contributed by atoms with Crippen molar-refractivity contribution in [1.82, 2.24) is 19.7 Å². The fraction of sp³-hybridized carbons (Fsp3) is 0. The Morgan fingerprint density at radius 1 is 1.65 bits per heavy atom. The van der Waals surface area contributed by atoms with Crippen molar-refractivity contribution in [3.05, 3.63) is 16.7 Å². The van der Waals surface area contributed by atoms with Gasteiger partial charge in [-0.1, -0.05) is 4.73 Å². The summed E-state index contributed by atoms with van der Waals surface area (Å²) in [5.41, 5.74) is 4.12. The summed E-state index contributed by atoms with van der Waals surface area (Å²) >= 11 is 0. The van der Waals surface area contributed by atoms with Gasteiger partial charge in [0, 0.05) is 0 Å². The molecule has 10 nitrogen and oxygen atoms in total. The minimum absolute atomic E-state index is 0.196. The highest BCUT2D eigenvalue weighted by atomic mass is 31.2. The lowest BCUT2D eigenvalue weighted by molar-refractivity contribution is -0.0484. The zero-order valence-corrected chi connectivity index (χ0v) is 8.80. The lowest BCUT2D eigenvalue weighted by atomic mass is 10.5. The first-order valence-electron chi connectivity index (χ1n) is 3.99. The number of H-pyrrole nitrogens is 1. The van der Waals surface area contributed by atoms with E-state index in [4.69, 9.17) is 10.6 Å². The Balaban J connectivity index is 2.57. The molecule has 0 aliphatic carbocycles. The molecule has 2 aromatic rings. The van der Waals surface area contributed by atoms with Gasteiger partial charge in [0.1, 0.15) is 6.33 Å². The molecule has 0 aliphatic heterocycles. The maximum Gasteiger partial charge on any atom is 0.578 e. The van der Waals surface area contributed by atoms with E-state index in [0.29, 0.717) is 4.73 Å². The lowest BCUT2D eigenvalue weighted by Crippen LogP contribution is -2.14. The first-order valence-corrected chi connectivity index (χ1v) is 5.48. The highest BCUT2D eigenvalue weighted by Crippen LogP contribution is 2.39. The summed E-state index contributed by atoms with van der Waals surface area (Å²) in [5, 5.41) is 0. The van der Waals surface area contributed by atoms with Crippen LogP contribution < -0.4 is 15.9 Å². The summed E-state index contributed by atoms with van der Waals surface area (Å²) in [5.74, 6) is -0.262. The van der Waals surface area contributed by atoms with Gasteiger partial charge >= 0.3 is 7.82 Å². The van der Waals surface area contributed by atoms with E-state index >= 15 is 0 Å². The molecule has 0 saturated heterocycles. The molecule has 17 heavy (non-hydrogen) atoms. The van der Waals surface area contributed by atoms with E-state index in [1.54, 1.807) is 0 Å². The predicted octanol–water partition coefficient (Wildman–Crippen LogP) is -0.868. The van der Waals surface area contributed by atoms with Crippen molar-refractivity contribution < 1.29 is 23.3 Å². The topological polar surface area (TPSA) is 145 Å². The molecule has 0 fully saturated rings. The number of fused-ring (bicyclic) bond motifs is 1. The second-order valence-corrected chi connectivity index (χ2v) is 4.05. The Hall–Kier alpha value is -1.97. The van der Waals surface area contributed by atoms with Crippen LogP contribution in [-0.2, 0) is 9.29 Å². The summed E-state index contributed by atoms with van der Waals surface area (Å²) in [6, 6.07) is 0. The first-order chi connectivity index (χ1) is 7.93. The van der Waals surface area contributed by atoms with Crippen molar-refractivity contribution in [2.24, 2.45) is 0 Å². The Labute approximate surface area is 91.3 Å². The van der Waals surface area contributed by atoms with Crippen molar-refractivity contribution in [3.63, 3.8) is 0 Å². The van der Waals surface area contributed by atoms with Crippen LogP contribution in [0.3, 0.4) is 0 Å². The van der Waals surface area contributed by atoms with E-state index in [9.17, 15) is 13.9 Å². The van der Waals surface area contributed by atoms with Crippen LogP contribution in [0.2, 0.25) is 0 Å². The van der Waals surface area contributed by atoms with Crippen LogP contribution >= 0.6 is 7.82 Å². The molecule has 2 aromatic heterocycles. The maximum absolute atomic E-state index is 11.6. The maximum atomic E-state index is 11.6. The minimum atomic E-state index is -4.93.